The summed E-state index contributed by atoms with van der Waals surface area (Å²) < 4.78 is 6.17. The first kappa shape index (κ1) is 9.86. The standard InChI is InChI=1S/C11H10N2OS/c15-11-6-7-12-10(13-11)8-14-9-4-2-1-3-5-9/h1-7H,8H2,(H,12,13,15). The third kappa shape index (κ3) is 2.89. The summed E-state index contributed by atoms with van der Waals surface area (Å²) in [5.74, 6) is 1.55. The van der Waals surface area contributed by atoms with E-state index < -0.39 is 0 Å². The van der Waals surface area contributed by atoms with Crippen molar-refractivity contribution in [1.82, 2.24) is 9.97 Å². The number of ether oxygens (including phenoxy) is 1. The summed E-state index contributed by atoms with van der Waals surface area (Å²) in [6.07, 6.45) is 1.67. The predicted octanol–water partition coefficient (Wildman–Crippen LogP) is 2.72. The van der Waals surface area contributed by atoms with Crippen molar-refractivity contribution in [2.45, 2.75) is 6.61 Å². The van der Waals surface area contributed by atoms with Gasteiger partial charge in [-0.15, -0.1) is 0 Å². The van der Waals surface area contributed by atoms with Gasteiger partial charge < -0.3 is 9.72 Å². The zero-order chi connectivity index (χ0) is 10.5. The second-order valence-corrected chi connectivity index (χ2v) is 3.42. The number of aromatic nitrogens is 2. The van der Waals surface area contributed by atoms with E-state index in [0.29, 0.717) is 11.2 Å². The first-order valence-electron chi connectivity index (χ1n) is 4.56. The average molecular weight is 218 g/mol. The lowest BCUT2D eigenvalue weighted by atomic mass is 10.3. The quantitative estimate of drug-likeness (QED) is 0.805. The first-order chi connectivity index (χ1) is 7.34. The number of nitrogens with zero attached hydrogens (tertiary/aromatic N) is 1. The molecule has 1 heterocycles. The van der Waals surface area contributed by atoms with E-state index in [4.69, 9.17) is 17.0 Å². The van der Waals surface area contributed by atoms with E-state index in [1.807, 2.05) is 30.3 Å². The van der Waals surface area contributed by atoms with E-state index in [2.05, 4.69) is 9.97 Å². The minimum Gasteiger partial charge on any atom is -0.486 e. The Bertz CT molecular complexity index is 481. The molecule has 0 fully saturated rings. The minimum atomic E-state index is 0.397. The maximum atomic E-state index is 5.51. The van der Waals surface area contributed by atoms with Crippen molar-refractivity contribution >= 4 is 12.2 Å². The Kier molecular flexibility index (Phi) is 3.09. The highest BCUT2D eigenvalue weighted by molar-refractivity contribution is 7.71. The number of aromatic amines is 1. The van der Waals surface area contributed by atoms with Crippen molar-refractivity contribution in [3.8, 4) is 5.75 Å². The average Bonchev–Trinajstić information content (AvgIpc) is 2.28. The Labute approximate surface area is 92.8 Å². The van der Waals surface area contributed by atoms with Gasteiger partial charge in [-0.25, -0.2) is 4.98 Å². The van der Waals surface area contributed by atoms with Crippen LogP contribution in [0.5, 0.6) is 5.75 Å². The van der Waals surface area contributed by atoms with Crippen molar-refractivity contribution < 1.29 is 4.74 Å². The summed E-state index contributed by atoms with van der Waals surface area (Å²) in [5.41, 5.74) is 0. The van der Waals surface area contributed by atoms with E-state index >= 15 is 0 Å². The van der Waals surface area contributed by atoms with Crippen LogP contribution in [0.1, 0.15) is 5.82 Å². The van der Waals surface area contributed by atoms with Gasteiger partial charge >= 0.3 is 0 Å². The lowest BCUT2D eigenvalue weighted by Crippen LogP contribution is -2.00. The van der Waals surface area contributed by atoms with Gasteiger partial charge in [0, 0.05) is 6.20 Å². The summed E-state index contributed by atoms with van der Waals surface area (Å²) in [7, 11) is 0. The predicted molar refractivity (Wildman–Crippen MR) is 60.2 cm³/mol. The molecular weight excluding hydrogens is 208 g/mol. The molecular formula is C11H10N2OS. The third-order valence-electron chi connectivity index (χ3n) is 1.84. The van der Waals surface area contributed by atoms with Crippen molar-refractivity contribution in [3.05, 3.63) is 53.1 Å². The van der Waals surface area contributed by atoms with Gasteiger partial charge in [0.25, 0.3) is 0 Å². The van der Waals surface area contributed by atoms with Crippen LogP contribution in [-0.2, 0) is 6.61 Å². The molecule has 0 aliphatic heterocycles. The van der Waals surface area contributed by atoms with Gasteiger partial charge in [-0.2, -0.15) is 0 Å². The van der Waals surface area contributed by atoms with Gasteiger partial charge in [0.2, 0.25) is 0 Å². The Morgan fingerprint density at radius 2 is 2.00 bits per heavy atom. The molecule has 0 saturated heterocycles. The van der Waals surface area contributed by atoms with Gasteiger partial charge in [-0.05, 0) is 18.2 Å². The Morgan fingerprint density at radius 1 is 1.20 bits per heavy atom. The zero-order valence-corrected chi connectivity index (χ0v) is 8.83. The molecule has 1 N–H and O–H groups in total. The summed E-state index contributed by atoms with van der Waals surface area (Å²) in [5, 5.41) is 0. The smallest absolute Gasteiger partial charge is 0.146 e. The van der Waals surface area contributed by atoms with E-state index in [1.165, 1.54) is 0 Å². The summed E-state index contributed by atoms with van der Waals surface area (Å²) in [6, 6.07) is 11.3. The van der Waals surface area contributed by atoms with Crippen LogP contribution in [0.4, 0.5) is 0 Å². The van der Waals surface area contributed by atoms with Crippen LogP contribution in [-0.4, -0.2) is 9.97 Å². The van der Waals surface area contributed by atoms with Gasteiger partial charge in [0.05, 0.1) is 0 Å². The third-order valence-corrected chi connectivity index (χ3v) is 2.08. The number of nitrogens with one attached hydrogen (secondary N) is 1. The Balaban J connectivity index is 2.02. The number of benzene rings is 1. The summed E-state index contributed by atoms with van der Waals surface area (Å²) in [6.45, 7) is 0.397. The molecule has 0 unspecified atom stereocenters. The fourth-order valence-electron chi connectivity index (χ4n) is 1.15. The second kappa shape index (κ2) is 4.70. The molecule has 15 heavy (non-hydrogen) atoms. The Morgan fingerprint density at radius 3 is 2.73 bits per heavy atom. The summed E-state index contributed by atoms with van der Waals surface area (Å²) in [4.78, 5) is 7.06. The normalized spacial score (nSPS) is 9.87. The van der Waals surface area contributed by atoms with Crippen LogP contribution in [0.15, 0.2) is 42.6 Å². The number of hydrogen-bond acceptors (Lipinski definition) is 3. The van der Waals surface area contributed by atoms with Crippen LogP contribution in [0.2, 0.25) is 0 Å². The van der Waals surface area contributed by atoms with Crippen LogP contribution in [0.25, 0.3) is 0 Å². The van der Waals surface area contributed by atoms with E-state index in [1.54, 1.807) is 12.3 Å². The van der Waals surface area contributed by atoms with Crippen LogP contribution >= 0.6 is 12.2 Å². The highest BCUT2D eigenvalue weighted by Crippen LogP contribution is 2.09. The summed E-state index contributed by atoms with van der Waals surface area (Å²) >= 11 is 4.98. The van der Waals surface area contributed by atoms with Gasteiger partial charge in [0.15, 0.2) is 0 Å². The number of hydrogen-bond donors (Lipinski definition) is 1. The molecule has 0 aliphatic rings. The van der Waals surface area contributed by atoms with Crippen molar-refractivity contribution in [3.63, 3.8) is 0 Å². The monoisotopic (exact) mass is 218 g/mol. The number of H-pyrrole nitrogens is 1. The molecule has 4 heteroatoms. The topological polar surface area (TPSA) is 37.9 Å². The molecule has 1 aromatic heterocycles. The molecule has 3 nitrogen and oxygen atoms in total. The zero-order valence-electron chi connectivity index (χ0n) is 8.01. The van der Waals surface area contributed by atoms with Gasteiger partial charge in [0.1, 0.15) is 22.8 Å². The minimum absolute atomic E-state index is 0.397. The molecule has 0 aliphatic carbocycles. The van der Waals surface area contributed by atoms with Crippen LogP contribution < -0.4 is 4.74 Å². The molecule has 0 radical (unpaired) electrons. The largest absolute Gasteiger partial charge is 0.486 e. The van der Waals surface area contributed by atoms with Crippen LogP contribution in [0.3, 0.4) is 0 Å². The fraction of sp³-hybridized carbons (Fsp3) is 0.0909. The fourth-order valence-corrected chi connectivity index (χ4v) is 1.33. The highest BCUT2D eigenvalue weighted by atomic mass is 32.1. The van der Waals surface area contributed by atoms with Gasteiger partial charge in [-0.1, -0.05) is 30.4 Å². The first-order valence-corrected chi connectivity index (χ1v) is 4.97. The highest BCUT2D eigenvalue weighted by Gasteiger charge is 1.95. The number of para-hydroxylation sites is 1. The molecule has 76 valence electrons. The second-order valence-electron chi connectivity index (χ2n) is 2.98. The molecule has 0 bridgehead atoms. The van der Waals surface area contributed by atoms with Crippen molar-refractivity contribution in [2.24, 2.45) is 0 Å². The van der Waals surface area contributed by atoms with E-state index in [9.17, 15) is 0 Å². The van der Waals surface area contributed by atoms with Gasteiger partial charge in [-0.3, -0.25) is 0 Å². The maximum absolute atomic E-state index is 5.51. The number of rotatable bonds is 3. The lowest BCUT2D eigenvalue weighted by molar-refractivity contribution is 0.295. The molecule has 0 amide bonds. The van der Waals surface area contributed by atoms with E-state index in [0.717, 1.165) is 11.6 Å². The molecule has 0 saturated carbocycles. The Hall–Kier alpha value is -1.68. The molecule has 0 spiro atoms. The van der Waals surface area contributed by atoms with E-state index in [-0.39, 0.29) is 0 Å². The lowest BCUT2D eigenvalue weighted by Gasteiger charge is -2.04. The maximum Gasteiger partial charge on any atom is 0.146 e. The van der Waals surface area contributed by atoms with Crippen molar-refractivity contribution in [1.29, 1.82) is 0 Å². The SMILES string of the molecule is S=c1ccnc(COc2ccccc2)[nH]1. The van der Waals surface area contributed by atoms with Crippen LogP contribution in [0, 0.1) is 4.64 Å². The molecule has 2 aromatic rings. The molecule has 2 rings (SSSR count). The van der Waals surface area contributed by atoms with Crippen molar-refractivity contribution in [2.75, 3.05) is 0 Å². The molecule has 0 atom stereocenters. The molecule has 1 aromatic carbocycles.